The van der Waals surface area contributed by atoms with Crippen molar-refractivity contribution in [3.63, 3.8) is 0 Å². The number of piperazine rings is 1. The molecule has 1 saturated heterocycles. The lowest BCUT2D eigenvalue weighted by molar-refractivity contribution is -0.139. The molecule has 14 heteroatoms. The summed E-state index contributed by atoms with van der Waals surface area (Å²) in [5.41, 5.74) is 1.29. The molecule has 0 radical (unpaired) electrons. The van der Waals surface area contributed by atoms with Gasteiger partial charge in [0.05, 0.1) is 23.8 Å². The van der Waals surface area contributed by atoms with Gasteiger partial charge in [-0.15, -0.1) is 0 Å². The molecule has 51 heavy (non-hydrogen) atoms. The summed E-state index contributed by atoms with van der Waals surface area (Å²) in [6, 6.07) is 10.5. The number of rotatable bonds is 3. The van der Waals surface area contributed by atoms with Crippen LogP contribution in [-0.2, 0) is 37.3 Å². The first kappa shape index (κ1) is 37.4. The predicted octanol–water partition coefficient (Wildman–Crippen LogP) is 4.37. The second-order valence-electron chi connectivity index (χ2n) is 14.3. The summed E-state index contributed by atoms with van der Waals surface area (Å²) < 4.78 is 48.0. The Morgan fingerprint density at radius 1 is 1.06 bits per heavy atom. The van der Waals surface area contributed by atoms with E-state index in [4.69, 9.17) is 25.8 Å². The number of carbonyl (C=O) groups excluding carboxylic acids is 2. The molecule has 2 amide bonds. The number of amides is 2. The summed E-state index contributed by atoms with van der Waals surface area (Å²) in [4.78, 5) is 32.7. The number of aliphatic hydroxyl groups is 1. The highest BCUT2D eigenvalue weighted by molar-refractivity contribution is 7.90. The van der Waals surface area contributed by atoms with Crippen molar-refractivity contribution < 1.29 is 37.3 Å². The van der Waals surface area contributed by atoms with E-state index in [9.17, 15) is 23.1 Å². The van der Waals surface area contributed by atoms with Crippen molar-refractivity contribution in [2.45, 2.75) is 69.2 Å². The third-order valence-corrected chi connectivity index (χ3v) is 12.1. The molecule has 3 aliphatic heterocycles. The Morgan fingerprint density at radius 3 is 2.61 bits per heavy atom. The number of hydrogen-bond acceptors (Lipinski definition) is 10. The molecule has 3 heterocycles. The number of carbonyl (C=O) groups is 2. The maximum Gasteiger partial charge on any atom is 0.410 e. The van der Waals surface area contributed by atoms with Gasteiger partial charge < -0.3 is 29.1 Å². The second-order valence-corrected chi connectivity index (χ2v) is 16.4. The zero-order chi connectivity index (χ0) is 36.2. The number of aliphatic hydroxyl groups excluding tert-OH is 1. The number of sulfonamides is 1. The number of nitrogens with zero attached hydrogens (tertiary/aromatic N) is 3. The lowest BCUT2D eigenvalue weighted by Crippen LogP contribution is -2.51. The summed E-state index contributed by atoms with van der Waals surface area (Å²) in [7, 11) is -4.25. The van der Waals surface area contributed by atoms with Gasteiger partial charge in [0.25, 0.3) is 15.9 Å². The van der Waals surface area contributed by atoms with E-state index in [1.54, 1.807) is 23.1 Å². The zero-order valence-electron chi connectivity index (χ0n) is 29.4. The first-order chi connectivity index (χ1) is 24.4. The van der Waals surface area contributed by atoms with Gasteiger partial charge in [0.15, 0.2) is 0 Å². The van der Waals surface area contributed by atoms with Gasteiger partial charge in [0.1, 0.15) is 24.1 Å². The fourth-order valence-corrected chi connectivity index (χ4v) is 8.51. The van der Waals surface area contributed by atoms with Gasteiger partial charge in [-0.1, -0.05) is 23.7 Å². The van der Waals surface area contributed by atoms with Crippen molar-refractivity contribution in [1.29, 1.82) is 0 Å². The molecule has 0 unspecified atom stereocenters. The van der Waals surface area contributed by atoms with E-state index in [2.05, 4.69) is 14.5 Å². The first-order valence-electron chi connectivity index (χ1n) is 17.9. The number of fused-ring (bicyclic) bond motifs is 3. The first-order valence-corrected chi connectivity index (χ1v) is 19.8. The quantitative estimate of drug-likeness (QED) is 0.436. The number of ether oxygens (including phenoxy) is 3. The lowest BCUT2D eigenvalue weighted by atomic mass is 9.70. The molecule has 0 spiro atoms. The van der Waals surface area contributed by atoms with E-state index in [0.717, 1.165) is 43.2 Å². The highest BCUT2D eigenvalue weighted by Crippen LogP contribution is 2.42. The Balaban J connectivity index is 1.32. The Kier molecular flexibility index (Phi) is 11.8. The fraction of sp³-hybridized carbons (Fsp3) is 0.568. The van der Waals surface area contributed by atoms with Crippen LogP contribution in [0.1, 0.15) is 50.7 Å². The molecule has 2 fully saturated rings. The molecule has 3 atom stereocenters. The van der Waals surface area contributed by atoms with Crippen LogP contribution in [0.5, 0.6) is 5.75 Å². The highest BCUT2D eigenvalue weighted by Gasteiger charge is 2.41. The molecule has 2 aromatic rings. The van der Waals surface area contributed by atoms with Crippen molar-refractivity contribution >= 4 is 39.3 Å². The van der Waals surface area contributed by atoms with Crippen LogP contribution in [0.2, 0.25) is 5.02 Å². The van der Waals surface area contributed by atoms with Crippen LogP contribution in [0.4, 0.5) is 10.5 Å². The molecule has 2 bridgehead atoms. The fourth-order valence-electron chi connectivity index (χ4n) is 7.19. The Labute approximate surface area is 305 Å². The highest BCUT2D eigenvalue weighted by atomic mass is 35.5. The monoisotopic (exact) mass is 744 g/mol. The molecule has 2 aromatic carbocycles. The van der Waals surface area contributed by atoms with Crippen LogP contribution in [0.25, 0.3) is 0 Å². The van der Waals surface area contributed by atoms with Crippen molar-refractivity contribution in [1.82, 2.24) is 14.5 Å². The van der Waals surface area contributed by atoms with Crippen molar-refractivity contribution in [3.05, 3.63) is 64.7 Å². The van der Waals surface area contributed by atoms with Crippen LogP contribution in [0.15, 0.2) is 53.4 Å². The molecular weight excluding hydrogens is 696 g/mol. The van der Waals surface area contributed by atoms with Crippen molar-refractivity contribution in [3.8, 4) is 5.75 Å². The third kappa shape index (κ3) is 9.00. The van der Waals surface area contributed by atoms with Crippen LogP contribution in [0, 0.1) is 11.8 Å². The summed E-state index contributed by atoms with van der Waals surface area (Å²) in [6.45, 7) is 7.59. The van der Waals surface area contributed by atoms with Gasteiger partial charge in [-0.05, 0) is 99.4 Å². The summed E-state index contributed by atoms with van der Waals surface area (Å²) in [5.74, 6) is -0.101. The molecule has 6 rings (SSSR count). The molecule has 12 nitrogen and oxygen atoms in total. The largest absolute Gasteiger partial charge is 0.487 e. The normalized spacial score (nSPS) is 26.2. The van der Waals surface area contributed by atoms with E-state index in [0.29, 0.717) is 62.3 Å². The molecule has 1 aliphatic carbocycles. The average Bonchev–Trinajstić information content (AvgIpc) is 3.11. The molecular formula is C37H49ClN4O8S. The van der Waals surface area contributed by atoms with Gasteiger partial charge in [0, 0.05) is 56.8 Å². The van der Waals surface area contributed by atoms with Gasteiger partial charge in [0.2, 0.25) is 0 Å². The number of nitrogens with one attached hydrogen (secondary N) is 1. The summed E-state index contributed by atoms with van der Waals surface area (Å²) in [6.07, 6.45) is 7.02. The topological polar surface area (TPSA) is 138 Å². The molecule has 0 aromatic heterocycles. The predicted molar refractivity (Wildman–Crippen MR) is 193 cm³/mol. The van der Waals surface area contributed by atoms with Crippen LogP contribution < -0.4 is 14.4 Å². The Hall–Kier alpha value is -3.36. The van der Waals surface area contributed by atoms with Gasteiger partial charge in [-0.3, -0.25) is 9.69 Å². The summed E-state index contributed by atoms with van der Waals surface area (Å²) >= 11 is 6.35. The lowest BCUT2D eigenvalue weighted by Gasteiger charge is -2.44. The van der Waals surface area contributed by atoms with Gasteiger partial charge >= 0.3 is 6.09 Å². The van der Waals surface area contributed by atoms with Crippen LogP contribution in [-0.4, -0.2) is 106 Å². The van der Waals surface area contributed by atoms with E-state index >= 15 is 0 Å². The second kappa shape index (κ2) is 16.1. The minimum Gasteiger partial charge on any atom is -0.487 e. The molecule has 4 aliphatic rings. The number of hydrogen-bond donors (Lipinski definition) is 2. The maximum atomic E-state index is 13.6. The minimum atomic E-state index is -4.25. The maximum absolute atomic E-state index is 13.6. The molecule has 1 saturated carbocycles. The van der Waals surface area contributed by atoms with Crippen LogP contribution >= 0.6 is 11.6 Å². The van der Waals surface area contributed by atoms with E-state index in [1.165, 1.54) is 19.9 Å². The van der Waals surface area contributed by atoms with E-state index in [-0.39, 0.29) is 42.6 Å². The van der Waals surface area contributed by atoms with Crippen LogP contribution in [0.3, 0.4) is 0 Å². The Bertz CT molecular complexity index is 1710. The van der Waals surface area contributed by atoms with Crippen molar-refractivity contribution in [2.75, 3.05) is 63.9 Å². The van der Waals surface area contributed by atoms with Crippen molar-refractivity contribution in [2.24, 2.45) is 11.8 Å². The zero-order valence-corrected chi connectivity index (χ0v) is 31.0. The van der Waals surface area contributed by atoms with E-state index < -0.39 is 27.6 Å². The standard InChI is InChI=1S/C37H49ClN4O8S/c1-37(2)35(44)39-51(46,47)30-11-13-34-32(23-30)42(14-4-3-6-26-22-29(38)10-8-28(26)25-48-34)24-27-9-12-31(27)33(7-5-21-49-37)50-36(45)41-17-15-40(16-18-41)19-20-43/h5,7-8,10-11,13,22-23,27,31,33,43H,3-4,6,9,12,14-21,24-25H2,1-2H3,(H,39,44)/b7-5+/t27-,31+,33-/m0/s1. The summed E-state index contributed by atoms with van der Waals surface area (Å²) in [5, 5.41) is 9.98. The molecule has 278 valence electrons. The SMILES string of the molecule is CC1(C)OC/C=C/[C@H](OC(=O)N2CCN(CCO)CC2)[C@@H]2CC[C@H]2CN2CCCCc3cc(Cl)ccc3COc3ccc(cc32)S(=O)(=O)NC1=O. The minimum absolute atomic E-state index is 0.0155. The van der Waals surface area contributed by atoms with Gasteiger partial charge in [-0.25, -0.2) is 17.9 Å². The Morgan fingerprint density at radius 2 is 1.86 bits per heavy atom. The number of halogens is 1. The number of aryl methyl sites for hydroxylation is 1. The third-order valence-electron chi connectivity index (χ3n) is 10.5. The molecule has 2 N–H and O–H groups in total. The average molecular weight is 745 g/mol. The van der Waals surface area contributed by atoms with E-state index in [1.807, 2.05) is 24.3 Å². The smallest absolute Gasteiger partial charge is 0.410 e. The number of anilines is 1. The number of β-amino-alcohol motifs (C(OH)–C–C–N with tert-alkyl or cyclic N) is 1. The number of benzene rings is 2. The van der Waals surface area contributed by atoms with Gasteiger partial charge in [-0.2, -0.15) is 0 Å².